The van der Waals surface area contributed by atoms with Gasteiger partial charge in [-0.25, -0.2) is 0 Å². The second-order valence-corrected chi connectivity index (χ2v) is 8.80. The third-order valence-corrected chi connectivity index (χ3v) is 6.28. The third-order valence-electron chi connectivity index (χ3n) is 6.28. The lowest BCUT2D eigenvalue weighted by molar-refractivity contribution is -0.757. The molecule has 2 aliphatic rings. The standard InChI is InChI=1S/C22H29NO8/c1-13(21(26)29-8-4-5-9-30-23(27)28)14-10-18(25)20-16-12-15(24)6-7-17(16)22(2,3)31-19(20)11-14/h10-11,13,16-17,25H,4-9,12H2,1-3H3/t13?,16-,17-/m1/s1. The van der Waals surface area contributed by atoms with Crippen molar-refractivity contribution in [1.82, 2.24) is 0 Å². The highest BCUT2D eigenvalue weighted by Gasteiger charge is 2.47. The maximum atomic E-state index is 12.4. The second-order valence-electron chi connectivity index (χ2n) is 8.80. The number of esters is 1. The number of ketones is 1. The van der Waals surface area contributed by atoms with E-state index in [2.05, 4.69) is 4.84 Å². The average Bonchev–Trinajstić information content (AvgIpc) is 2.68. The first-order valence-electron chi connectivity index (χ1n) is 10.6. The third kappa shape index (κ3) is 5.08. The van der Waals surface area contributed by atoms with Gasteiger partial charge in [0, 0.05) is 30.2 Å². The Morgan fingerprint density at radius 2 is 2.06 bits per heavy atom. The second kappa shape index (κ2) is 9.11. The van der Waals surface area contributed by atoms with Crippen LogP contribution in [0.15, 0.2) is 12.1 Å². The SMILES string of the molecule is CC(C(=O)OCCCCO[N+](=O)[O-])c1cc(O)c2c(c1)OC(C)(C)[C@@H]1CCC(=O)C[C@@H]21. The summed E-state index contributed by atoms with van der Waals surface area (Å²) in [6.45, 7) is 5.74. The van der Waals surface area contributed by atoms with Crippen molar-refractivity contribution in [2.45, 2.75) is 70.3 Å². The van der Waals surface area contributed by atoms with Gasteiger partial charge in [-0.2, -0.15) is 0 Å². The van der Waals surface area contributed by atoms with E-state index < -0.39 is 22.6 Å². The first-order valence-corrected chi connectivity index (χ1v) is 10.6. The van der Waals surface area contributed by atoms with Gasteiger partial charge in [0.15, 0.2) is 0 Å². The molecule has 0 spiro atoms. The Morgan fingerprint density at radius 3 is 2.77 bits per heavy atom. The molecule has 0 aromatic heterocycles. The molecule has 0 saturated heterocycles. The van der Waals surface area contributed by atoms with Crippen molar-refractivity contribution in [2.24, 2.45) is 5.92 Å². The summed E-state index contributed by atoms with van der Waals surface area (Å²) in [4.78, 5) is 38.8. The Bertz CT molecular complexity index is 865. The summed E-state index contributed by atoms with van der Waals surface area (Å²) in [5, 5.41) is 20.0. The maximum absolute atomic E-state index is 12.4. The summed E-state index contributed by atoms with van der Waals surface area (Å²) in [5.41, 5.74) is 0.723. The molecule has 0 bridgehead atoms. The average molecular weight is 435 g/mol. The van der Waals surface area contributed by atoms with Crippen molar-refractivity contribution < 1.29 is 34.1 Å². The molecule has 9 nitrogen and oxygen atoms in total. The monoisotopic (exact) mass is 435 g/mol. The number of Topliss-reactive ketones (excluding diaryl/α,β-unsaturated/α-hetero) is 1. The van der Waals surface area contributed by atoms with Crippen molar-refractivity contribution in [3.05, 3.63) is 33.4 Å². The van der Waals surface area contributed by atoms with Gasteiger partial charge in [-0.3, -0.25) is 9.59 Å². The van der Waals surface area contributed by atoms with Gasteiger partial charge in [0.05, 0.1) is 19.1 Å². The summed E-state index contributed by atoms with van der Waals surface area (Å²) >= 11 is 0. The van der Waals surface area contributed by atoms with Crippen LogP contribution in [0.3, 0.4) is 0 Å². The number of hydrogen-bond donors (Lipinski definition) is 1. The molecule has 1 aliphatic heterocycles. The smallest absolute Gasteiger partial charge is 0.313 e. The van der Waals surface area contributed by atoms with Gasteiger partial charge in [-0.1, -0.05) is 0 Å². The van der Waals surface area contributed by atoms with E-state index in [1.165, 1.54) is 0 Å². The van der Waals surface area contributed by atoms with Crippen molar-refractivity contribution in [1.29, 1.82) is 0 Å². The summed E-state index contributed by atoms with van der Waals surface area (Å²) < 4.78 is 11.5. The molecule has 3 rings (SSSR count). The van der Waals surface area contributed by atoms with Crippen molar-refractivity contribution in [2.75, 3.05) is 13.2 Å². The number of carbonyl (C=O) groups excluding carboxylic acids is 2. The highest BCUT2D eigenvalue weighted by Crippen LogP contribution is 2.54. The zero-order valence-electron chi connectivity index (χ0n) is 18.1. The molecule has 1 heterocycles. The Kier molecular flexibility index (Phi) is 6.71. The number of unbranched alkanes of at least 4 members (excludes halogenated alkanes) is 1. The van der Waals surface area contributed by atoms with E-state index >= 15 is 0 Å². The van der Waals surface area contributed by atoms with Crippen LogP contribution in [-0.2, 0) is 19.2 Å². The maximum Gasteiger partial charge on any atom is 0.313 e. The molecule has 1 unspecified atom stereocenters. The van der Waals surface area contributed by atoms with E-state index in [0.29, 0.717) is 42.6 Å². The predicted octanol–water partition coefficient (Wildman–Crippen LogP) is 3.65. The molecule has 1 N–H and O–H groups in total. The van der Waals surface area contributed by atoms with Crippen LogP contribution in [0.4, 0.5) is 0 Å². The molecule has 1 fully saturated rings. The van der Waals surface area contributed by atoms with Crippen LogP contribution in [0.5, 0.6) is 11.5 Å². The van der Waals surface area contributed by atoms with Crippen LogP contribution in [0.2, 0.25) is 0 Å². The van der Waals surface area contributed by atoms with E-state index in [-0.39, 0.29) is 36.6 Å². The van der Waals surface area contributed by atoms with E-state index in [1.54, 1.807) is 19.1 Å². The lowest BCUT2D eigenvalue weighted by atomic mass is 9.66. The number of fused-ring (bicyclic) bond motifs is 3. The van der Waals surface area contributed by atoms with Gasteiger partial charge in [0.25, 0.3) is 5.09 Å². The van der Waals surface area contributed by atoms with Crippen LogP contribution in [0.25, 0.3) is 0 Å². The largest absolute Gasteiger partial charge is 0.508 e. The molecule has 1 aliphatic carbocycles. The number of carbonyl (C=O) groups is 2. The Morgan fingerprint density at radius 1 is 1.35 bits per heavy atom. The Balaban J connectivity index is 1.70. The van der Waals surface area contributed by atoms with Gasteiger partial charge < -0.3 is 19.4 Å². The molecule has 0 amide bonds. The molecular weight excluding hydrogens is 406 g/mol. The quantitative estimate of drug-likeness (QED) is 0.284. The van der Waals surface area contributed by atoms with Gasteiger partial charge >= 0.3 is 5.97 Å². The van der Waals surface area contributed by atoms with Gasteiger partial charge in [0.1, 0.15) is 22.9 Å². The molecule has 9 heteroatoms. The number of phenolic OH excluding ortho intramolecular Hbond substituents is 1. The minimum Gasteiger partial charge on any atom is -0.508 e. The number of aromatic hydroxyl groups is 1. The lowest BCUT2D eigenvalue weighted by Crippen LogP contribution is -2.47. The predicted molar refractivity (Wildman–Crippen MR) is 109 cm³/mol. The first kappa shape index (κ1) is 22.8. The summed E-state index contributed by atoms with van der Waals surface area (Å²) in [7, 11) is 0. The number of benzene rings is 1. The van der Waals surface area contributed by atoms with Crippen LogP contribution in [0, 0.1) is 16.0 Å². The first-order chi connectivity index (χ1) is 14.6. The van der Waals surface area contributed by atoms with Crippen molar-refractivity contribution in [3.8, 4) is 11.5 Å². The fraction of sp³-hybridized carbons (Fsp3) is 0.636. The fourth-order valence-electron chi connectivity index (χ4n) is 4.62. The molecule has 0 radical (unpaired) electrons. The molecule has 1 aromatic rings. The molecule has 3 atom stereocenters. The minimum absolute atomic E-state index is 0.0317. The van der Waals surface area contributed by atoms with Crippen LogP contribution < -0.4 is 4.74 Å². The number of phenols is 1. The molecule has 170 valence electrons. The van der Waals surface area contributed by atoms with Crippen molar-refractivity contribution in [3.63, 3.8) is 0 Å². The fourth-order valence-corrected chi connectivity index (χ4v) is 4.62. The number of hydrogen-bond acceptors (Lipinski definition) is 8. The number of nitrogens with zero attached hydrogens (tertiary/aromatic N) is 1. The highest BCUT2D eigenvalue weighted by molar-refractivity contribution is 5.81. The number of ether oxygens (including phenoxy) is 2. The lowest BCUT2D eigenvalue weighted by Gasteiger charge is -2.47. The van der Waals surface area contributed by atoms with Gasteiger partial charge in [-0.05, 0) is 57.7 Å². The minimum atomic E-state index is -0.856. The molecule has 1 aromatic carbocycles. The van der Waals surface area contributed by atoms with Gasteiger partial charge in [-0.15, -0.1) is 10.1 Å². The van der Waals surface area contributed by atoms with E-state index in [9.17, 15) is 24.8 Å². The normalized spacial score (nSPS) is 22.5. The Labute approximate surface area is 180 Å². The van der Waals surface area contributed by atoms with Crippen LogP contribution in [0.1, 0.15) is 75.8 Å². The number of rotatable bonds is 8. The molecule has 31 heavy (non-hydrogen) atoms. The van der Waals surface area contributed by atoms with Crippen LogP contribution in [-0.4, -0.2) is 40.8 Å². The highest BCUT2D eigenvalue weighted by atomic mass is 16.9. The van der Waals surface area contributed by atoms with Crippen LogP contribution >= 0.6 is 0 Å². The molecule has 1 saturated carbocycles. The summed E-state index contributed by atoms with van der Waals surface area (Å²) in [6, 6.07) is 3.30. The zero-order valence-corrected chi connectivity index (χ0v) is 18.1. The summed E-state index contributed by atoms with van der Waals surface area (Å²) in [5.74, 6) is -0.335. The Hall–Kier alpha value is -2.84. The van der Waals surface area contributed by atoms with Gasteiger partial charge in [0.2, 0.25) is 0 Å². The van der Waals surface area contributed by atoms with E-state index in [1.807, 2.05) is 13.8 Å². The van der Waals surface area contributed by atoms with E-state index in [4.69, 9.17) is 9.47 Å². The zero-order chi connectivity index (χ0) is 22.8. The topological polar surface area (TPSA) is 125 Å². The summed E-state index contributed by atoms with van der Waals surface area (Å²) in [6.07, 6.45) is 2.48. The van der Waals surface area contributed by atoms with E-state index in [0.717, 1.165) is 6.42 Å². The molecular formula is C22H29NO8. The van der Waals surface area contributed by atoms with Crippen molar-refractivity contribution >= 4 is 11.8 Å².